The van der Waals surface area contributed by atoms with Crippen molar-refractivity contribution in [2.75, 3.05) is 14.2 Å². The lowest BCUT2D eigenvalue weighted by Crippen LogP contribution is -2.60. The molecule has 1 saturated carbocycles. The quantitative estimate of drug-likeness (QED) is 0.493. The van der Waals surface area contributed by atoms with Gasteiger partial charge in [0.15, 0.2) is 20.9 Å². The van der Waals surface area contributed by atoms with Crippen LogP contribution >= 0.6 is 0 Å². The molecule has 0 aromatic heterocycles. The predicted octanol–water partition coefficient (Wildman–Crippen LogP) is 3.45. The molecule has 0 radical (unpaired) electrons. The summed E-state index contributed by atoms with van der Waals surface area (Å²) < 4.78 is 30.1. The van der Waals surface area contributed by atoms with Gasteiger partial charge in [-0.2, -0.15) is 0 Å². The predicted molar refractivity (Wildman–Crippen MR) is 99.0 cm³/mol. The molecule has 2 aliphatic heterocycles. The second kappa shape index (κ2) is 7.51. The SMILES string of the molecule is CC[Si](CC)(O[C@]12C[C@@H](OC)O[C@H]1O[C@@H]1C[C@H](C(=O)OC)[C@H]2C1)C(C)C. The molecule has 0 unspecified atom stereocenters. The van der Waals surface area contributed by atoms with Crippen molar-refractivity contribution in [1.82, 2.24) is 0 Å². The minimum atomic E-state index is -2.03. The van der Waals surface area contributed by atoms with Gasteiger partial charge in [-0.25, -0.2) is 0 Å². The molecule has 3 aliphatic rings. The summed E-state index contributed by atoms with van der Waals surface area (Å²) >= 11 is 0. The number of carbonyl (C=O) groups is 1. The Balaban J connectivity index is 2.00. The zero-order valence-corrected chi connectivity index (χ0v) is 17.9. The van der Waals surface area contributed by atoms with Crippen LogP contribution in [0.5, 0.6) is 0 Å². The Labute approximate surface area is 158 Å². The van der Waals surface area contributed by atoms with E-state index < -0.39 is 20.2 Å². The van der Waals surface area contributed by atoms with Crippen molar-refractivity contribution in [2.45, 2.75) is 88.9 Å². The molecule has 0 amide bonds. The molecule has 0 aromatic rings. The van der Waals surface area contributed by atoms with E-state index in [4.69, 9.17) is 23.4 Å². The van der Waals surface area contributed by atoms with E-state index in [1.54, 1.807) is 7.11 Å². The van der Waals surface area contributed by atoms with Gasteiger partial charge in [0, 0.05) is 19.4 Å². The van der Waals surface area contributed by atoms with Crippen LogP contribution in [-0.2, 0) is 28.2 Å². The van der Waals surface area contributed by atoms with Crippen LogP contribution in [0.2, 0.25) is 17.6 Å². The lowest BCUT2D eigenvalue weighted by atomic mass is 9.77. The molecule has 6 nitrogen and oxygen atoms in total. The van der Waals surface area contributed by atoms with E-state index in [1.807, 2.05) is 0 Å². The molecule has 6 atom stereocenters. The number of hydrogen-bond donors (Lipinski definition) is 0. The maximum Gasteiger partial charge on any atom is 0.309 e. The molecule has 0 spiro atoms. The summed E-state index contributed by atoms with van der Waals surface area (Å²) in [7, 11) is 1.09. The fourth-order valence-corrected chi connectivity index (χ4v) is 9.12. The summed E-state index contributed by atoms with van der Waals surface area (Å²) in [5.41, 5.74) is -0.139. The Hall–Kier alpha value is -0.473. The molecule has 0 aromatic carbocycles. The van der Waals surface area contributed by atoms with E-state index in [2.05, 4.69) is 27.7 Å². The van der Waals surface area contributed by atoms with Gasteiger partial charge >= 0.3 is 5.97 Å². The number of fused-ring (bicyclic) bond motifs is 4. The number of carbonyl (C=O) groups excluding carboxylic acids is 1. The van der Waals surface area contributed by atoms with E-state index in [1.165, 1.54) is 7.11 Å². The monoisotopic (exact) mass is 386 g/mol. The number of esters is 1. The fraction of sp³-hybridized carbons (Fsp3) is 0.947. The molecular formula is C19H34O6Si. The molecule has 0 N–H and O–H groups in total. The zero-order valence-electron chi connectivity index (χ0n) is 16.9. The first kappa shape index (κ1) is 20.3. The molecule has 7 heteroatoms. The molecule has 2 saturated heterocycles. The van der Waals surface area contributed by atoms with Crippen molar-refractivity contribution in [3.63, 3.8) is 0 Å². The lowest BCUT2D eigenvalue weighted by Gasteiger charge is -2.50. The Bertz CT molecular complexity index is 522. The topological polar surface area (TPSA) is 63.2 Å². The summed E-state index contributed by atoms with van der Waals surface area (Å²) in [6.45, 7) is 8.97. The lowest BCUT2D eigenvalue weighted by molar-refractivity contribution is -0.265. The molecule has 150 valence electrons. The average molecular weight is 387 g/mol. The second-order valence-electron chi connectivity index (χ2n) is 8.29. The van der Waals surface area contributed by atoms with Crippen LogP contribution in [0.15, 0.2) is 0 Å². The minimum absolute atomic E-state index is 0.0276. The van der Waals surface area contributed by atoms with Crippen LogP contribution in [0.25, 0.3) is 0 Å². The largest absolute Gasteiger partial charge is 0.469 e. The molecule has 3 rings (SSSR count). The average Bonchev–Trinajstić information content (AvgIpc) is 3.20. The van der Waals surface area contributed by atoms with Gasteiger partial charge in [0.05, 0.1) is 19.1 Å². The number of ether oxygens (including phenoxy) is 4. The highest BCUT2D eigenvalue weighted by atomic mass is 28.4. The second-order valence-corrected chi connectivity index (χ2v) is 13.2. The highest BCUT2D eigenvalue weighted by Crippen LogP contribution is 2.57. The van der Waals surface area contributed by atoms with Gasteiger partial charge in [-0.1, -0.05) is 27.7 Å². The van der Waals surface area contributed by atoms with Gasteiger partial charge < -0.3 is 23.4 Å². The van der Waals surface area contributed by atoms with Crippen molar-refractivity contribution in [3.05, 3.63) is 0 Å². The normalized spacial score (nSPS) is 39.3. The van der Waals surface area contributed by atoms with E-state index in [-0.39, 0.29) is 30.2 Å². The molecule has 1 aliphatic carbocycles. The van der Waals surface area contributed by atoms with Gasteiger partial charge in [-0.3, -0.25) is 4.79 Å². The summed E-state index contributed by atoms with van der Waals surface area (Å²) in [6, 6.07) is 2.07. The summed E-state index contributed by atoms with van der Waals surface area (Å²) in [5, 5.41) is 0. The third-order valence-electron chi connectivity index (χ3n) is 7.03. The molecule has 3 fully saturated rings. The van der Waals surface area contributed by atoms with Gasteiger partial charge in [0.1, 0.15) is 5.60 Å². The maximum absolute atomic E-state index is 12.5. The minimum Gasteiger partial charge on any atom is -0.469 e. The van der Waals surface area contributed by atoms with Crippen LogP contribution < -0.4 is 0 Å². The van der Waals surface area contributed by atoms with Crippen molar-refractivity contribution < 1.29 is 28.2 Å². The van der Waals surface area contributed by atoms with E-state index >= 15 is 0 Å². The third kappa shape index (κ3) is 3.05. The van der Waals surface area contributed by atoms with E-state index in [9.17, 15) is 4.79 Å². The van der Waals surface area contributed by atoms with Gasteiger partial charge in [-0.05, 0) is 30.5 Å². The van der Waals surface area contributed by atoms with Crippen molar-refractivity contribution >= 4 is 14.3 Å². The maximum atomic E-state index is 12.5. The summed E-state index contributed by atoms with van der Waals surface area (Å²) in [4.78, 5) is 12.5. The number of hydrogen-bond acceptors (Lipinski definition) is 6. The molecule has 26 heavy (non-hydrogen) atoms. The third-order valence-corrected chi connectivity index (χ3v) is 12.3. The Morgan fingerprint density at radius 2 is 1.88 bits per heavy atom. The fourth-order valence-electron chi connectivity index (χ4n) is 5.37. The smallest absolute Gasteiger partial charge is 0.309 e. The van der Waals surface area contributed by atoms with Gasteiger partial charge in [-0.15, -0.1) is 0 Å². The summed E-state index contributed by atoms with van der Waals surface area (Å²) in [6.07, 6.45) is 1.33. The van der Waals surface area contributed by atoms with Crippen molar-refractivity contribution in [1.29, 1.82) is 0 Å². The molecular weight excluding hydrogens is 352 g/mol. The van der Waals surface area contributed by atoms with Crippen LogP contribution in [0.1, 0.15) is 47.0 Å². The van der Waals surface area contributed by atoms with Gasteiger partial charge in [0.25, 0.3) is 0 Å². The highest BCUT2D eigenvalue weighted by molar-refractivity contribution is 6.75. The Kier molecular flexibility index (Phi) is 5.85. The molecule has 2 bridgehead atoms. The molecule has 2 heterocycles. The summed E-state index contributed by atoms with van der Waals surface area (Å²) in [5.74, 6) is -0.292. The van der Waals surface area contributed by atoms with Crippen molar-refractivity contribution in [3.8, 4) is 0 Å². The van der Waals surface area contributed by atoms with Crippen LogP contribution in [0.3, 0.4) is 0 Å². The number of rotatable bonds is 7. The number of methoxy groups -OCH3 is 2. The highest BCUT2D eigenvalue weighted by Gasteiger charge is 2.67. The van der Waals surface area contributed by atoms with Crippen LogP contribution in [0.4, 0.5) is 0 Å². The van der Waals surface area contributed by atoms with Crippen molar-refractivity contribution in [2.24, 2.45) is 11.8 Å². The van der Waals surface area contributed by atoms with Crippen LogP contribution in [0, 0.1) is 11.8 Å². The first-order chi connectivity index (χ1) is 12.4. The van der Waals surface area contributed by atoms with Crippen LogP contribution in [-0.4, -0.2) is 52.8 Å². The first-order valence-corrected chi connectivity index (χ1v) is 12.4. The standard InChI is InChI=1S/C19H34O6Si/c1-7-26(8-2,12(3)4)25-19-11-16(21-5)24-18(19)23-13-9-14(15(19)10-13)17(20)22-6/h12-16,18H,7-11H2,1-6H3/t13-,14+,15-,16+,18-,19+/m1/s1. The van der Waals surface area contributed by atoms with E-state index in [0.717, 1.165) is 18.5 Å². The first-order valence-electron chi connectivity index (χ1n) is 9.97. The van der Waals surface area contributed by atoms with E-state index in [0.29, 0.717) is 18.4 Å². The Morgan fingerprint density at radius 1 is 1.19 bits per heavy atom. The zero-order chi connectivity index (χ0) is 19.1. The Morgan fingerprint density at radius 3 is 2.42 bits per heavy atom. The van der Waals surface area contributed by atoms with Gasteiger partial charge in [0.2, 0.25) is 0 Å².